The highest BCUT2D eigenvalue weighted by atomic mass is 16.5. The Labute approximate surface area is 125 Å². The van der Waals surface area contributed by atoms with E-state index in [1.54, 1.807) is 21.3 Å². The van der Waals surface area contributed by atoms with Gasteiger partial charge in [-0.2, -0.15) is 0 Å². The minimum Gasteiger partial charge on any atom is -0.493 e. The summed E-state index contributed by atoms with van der Waals surface area (Å²) in [5, 5.41) is 4.45. The topological polar surface area (TPSA) is 52.6 Å². The fourth-order valence-corrected chi connectivity index (χ4v) is 2.24. The first kappa shape index (κ1) is 15.4. The van der Waals surface area contributed by atoms with E-state index < -0.39 is 0 Å². The summed E-state index contributed by atoms with van der Waals surface area (Å²) in [6, 6.07) is 5.87. The van der Waals surface area contributed by atoms with Gasteiger partial charge in [-0.25, -0.2) is 0 Å². The van der Waals surface area contributed by atoms with E-state index in [-0.39, 0.29) is 0 Å². The summed E-state index contributed by atoms with van der Waals surface area (Å²) < 4.78 is 15.9. The smallest absolute Gasteiger partial charge is 0.162 e. The largest absolute Gasteiger partial charge is 0.493 e. The monoisotopic (exact) mass is 290 g/mol. The van der Waals surface area contributed by atoms with Crippen molar-refractivity contribution in [2.75, 3.05) is 33.2 Å². The lowest BCUT2D eigenvalue weighted by Gasteiger charge is -2.14. The predicted octanol–water partition coefficient (Wildman–Crippen LogP) is 3.22. The molecule has 0 fully saturated rings. The van der Waals surface area contributed by atoms with E-state index >= 15 is 0 Å². The van der Waals surface area contributed by atoms with Crippen LogP contribution in [0.5, 0.6) is 11.5 Å². The third kappa shape index (κ3) is 3.36. The molecule has 0 aliphatic heterocycles. The second kappa shape index (κ2) is 7.13. The zero-order chi connectivity index (χ0) is 15.2. The van der Waals surface area contributed by atoms with E-state index in [4.69, 9.17) is 14.2 Å². The van der Waals surface area contributed by atoms with Crippen molar-refractivity contribution < 1.29 is 14.2 Å². The second-order valence-corrected chi connectivity index (χ2v) is 4.75. The molecule has 21 heavy (non-hydrogen) atoms. The summed E-state index contributed by atoms with van der Waals surface area (Å²) in [6.07, 6.45) is 1.05. The molecule has 1 heterocycles. The lowest BCUT2D eigenvalue weighted by Crippen LogP contribution is -2.04. The molecule has 0 aliphatic rings. The maximum Gasteiger partial charge on any atom is 0.162 e. The van der Waals surface area contributed by atoms with Crippen molar-refractivity contribution >= 4 is 16.6 Å². The van der Waals surface area contributed by atoms with Gasteiger partial charge < -0.3 is 19.5 Å². The highest BCUT2D eigenvalue weighted by Crippen LogP contribution is 2.35. The quantitative estimate of drug-likeness (QED) is 0.848. The maximum atomic E-state index is 5.38. The van der Waals surface area contributed by atoms with Crippen LogP contribution in [-0.2, 0) is 11.3 Å². The summed E-state index contributed by atoms with van der Waals surface area (Å²) in [5.74, 6) is 1.37. The van der Waals surface area contributed by atoms with Gasteiger partial charge in [0.05, 0.1) is 32.0 Å². The Balaban J connectivity index is 2.59. The van der Waals surface area contributed by atoms with Crippen LogP contribution in [0, 0.1) is 0 Å². The van der Waals surface area contributed by atoms with Crippen molar-refractivity contribution in [3.8, 4) is 11.5 Å². The third-order valence-corrected chi connectivity index (χ3v) is 3.22. The molecule has 0 spiro atoms. The Morgan fingerprint density at radius 3 is 2.38 bits per heavy atom. The van der Waals surface area contributed by atoms with Crippen molar-refractivity contribution in [3.05, 3.63) is 23.9 Å². The molecular formula is C16H22N2O3. The fourth-order valence-electron chi connectivity index (χ4n) is 2.24. The third-order valence-electron chi connectivity index (χ3n) is 3.22. The number of fused-ring (bicyclic) bond motifs is 1. The standard InChI is InChI=1S/C16H22N2O3/c1-5-6-17-13-7-11(10-19-2)18-14-9-16(21-4)15(20-3)8-12(13)14/h7-9H,5-6,10H2,1-4H3,(H,17,18). The summed E-state index contributed by atoms with van der Waals surface area (Å²) in [6.45, 7) is 3.51. The van der Waals surface area contributed by atoms with Crippen LogP contribution >= 0.6 is 0 Å². The maximum absolute atomic E-state index is 5.38. The molecule has 0 saturated carbocycles. The number of nitrogens with zero attached hydrogens (tertiary/aromatic N) is 1. The number of pyridine rings is 1. The Morgan fingerprint density at radius 1 is 1.05 bits per heavy atom. The normalized spacial score (nSPS) is 10.7. The molecular weight excluding hydrogens is 268 g/mol. The van der Waals surface area contributed by atoms with E-state index in [9.17, 15) is 0 Å². The number of benzene rings is 1. The van der Waals surface area contributed by atoms with Gasteiger partial charge in [-0.3, -0.25) is 4.98 Å². The van der Waals surface area contributed by atoms with Crippen molar-refractivity contribution in [3.63, 3.8) is 0 Å². The number of hydrogen-bond donors (Lipinski definition) is 1. The lowest BCUT2D eigenvalue weighted by molar-refractivity contribution is 0.182. The molecule has 5 heteroatoms. The van der Waals surface area contributed by atoms with Gasteiger partial charge in [0.1, 0.15) is 0 Å². The van der Waals surface area contributed by atoms with Crippen molar-refractivity contribution in [1.82, 2.24) is 4.98 Å². The molecule has 114 valence electrons. The fraction of sp³-hybridized carbons (Fsp3) is 0.438. The first-order valence-electron chi connectivity index (χ1n) is 7.02. The molecule has 0 amide bonds. The van der Waals surface area contributed by atoms with Crippen LogP contribution in [0.2, 0.25) is 0 Å². The molecule has 1 aromatic carbocycles. The number of aromatic nitrogens is 1. The van der Waals surface area contributed by atoms with Gasteiger partial charge in [0, 0.05) is 30.8 Å². The molecule has 0 radical (unpaired) electrons. The van der Waals surface area contributed by atoms with E-state index in [0.29, 0.717) is 18.1 Å². The molecule has 0 bridgehead atoms. The van der Waals surface area contributed by atoms with Crippen molar-refractivity contribution in [1.29, 1.82) is 0 Å². The Morgan fingerprint density at radius 2 is 1.76 bits per heavy atom. The summed E-state index contributed by atoms with van der Waals surface area (Å²) in [5.41, 5.74) is 2.78. The Hall–Kier alpha value is -2.01. The molecule has 0 aliphatic carbocycles. The summed E-state index contributed by atoms with van der Waals surface area (Å²) in [7, 11) is 4.92. The average Bonchev–Trinajstić information content (AvgIpc) is 2.51. The van der Waals surface area contributed by atoms with E-state index in [1.165, 1.54) is 0 Å². The van der Waals surface area contributed by atoms with Crippen LogP contribution in [0.1, 0.15) is 19.0 Å². The zero-order valence-corrected chi connectivity index (χ0v) is 13.0. The first-order valence-corrected chi connectivity index (χ1v) is 7.02. The highest BCUT2D eigenvalue weighted by Gasteiger charge is 2.11. The average molecular weight is 290 g/mol. The number of hydrogen-bond acceptors (Lipinski definition) is 5. The van der Waals surface area contributed by atoms with E-state index in [1.807, 2.05) is 18.2 Å². The molecule has 0 unspecified atom stereocenters. The van der Waals surface area contributed by atoms with Gasteiger partial charge in [-0.05, 0) is 18.6 Å². The van der Waals surface area contributed by atoms with Crippen LogP contribution in [0.4, 0.5) is 5.69 Å². The molecule has 2 aromatic rings. The lowest BCUT2D eigenvalue weighted by atomic mass is 10.1. The van der Waals surface area contributed by atoms with Crippen LogP contribution in [0.25, 0.3) is 10.9 Å². The number of rotatable bonds is 7. The number of anilines is 1. The van der Waals surface area contributed by atoms with E-state index in [0.717, 1.165) is 35.2 Å². The van der Waals surface area contributed by atoms with Crippen LogP contribution in [0.3, 0.4) is 0 Å². The number of ether oxygens (including phenoxy) is 3. The van der Waals surface area contributed by atoms with E-state index in [2.05, 4.69) is 17.2 Å². The van der Waals surface area contributed by atoms with Crippen molar-refractivity contribution in [2.45, 2.75) is 20.0 Å². The first-order chi connectivity index (χ1) is 10.2. The van der Waals surface area contributed by atoms with Crippen LogP contribution in [0.15, 0.2) is 18.2 Å². The number of methoxy groups -OCH3 is 3. The van der Waals surface area contributed by atoms with Crippen LogP contribution < -0.4 is 14.8 Å². The minimum absolute atomic E-state index is 0.477. The van der Waals surface area contributed by atoms with Gasteiger partial charge in [-0.1, -0.05) is 6.92 Å². The molecule has 0 saturated heterocycles. The van der Waals surface area contributed by atoms with Gasteiger partial charge in [-0.15, -0.1) is 0 Å². The predicted molar refractivity (Wildman–Crippen MR) is 84.3 cm³/mol. The van der Waals surface area contributed by atoms with Crippen LogP contribution in [-0.4, -0.2) is 32.9 Å². The molecule has 0 atom stereocenters. The summed E-state index contributed by atoms with van der Waals surface area (Å²) in [4.78, 5) is 4.62. The molecule has 5 nitrogen and oxygen atoms in total. The second-order valence-electron chi connectivity index (χ2n) is 4.75. The molecule has 1 aromatic heterocycles. The van der Waals surface area contributed by atoms with Gasteiger partial charge >= 0.3 is 0 Å². The van der Waals surface area contributed by atoms with Gasteiger partial charge in [0.25, 0.3) is 0 Å². The minimum atomic E-state index is 0.477. The molecule has 2 rings (SSSR count). The SMILES string of the molecule is CCCNc1cc(COC)nc2cc(OC)c(OC)cc12. The number of nitrogens with one attached hydrogen (secondary N) is 1. The highest BCUT2D eigenvalue weighted by molar-refractivity contribution is 5.94. The van der Waals surface area contributed by atoms with Gasteiger partial charge in [0.15, 0.2) is 11.5 Å². The zero-order valence-electron chi connectivity index (χ0n) is 13.0. The molecule has 1 N–H and O–H groups in total. The van der Waals surface area contributed by atoms with Gasteiger partial charge in [0.2, 0.25) is 0 Å². The van der Waals surface area contributed by atoms with Crippen molar-refractivity contribution in [2.24, 2.45) is 0 Å². The Kier molecular flexibility index (Phi) is 5.22. The summed E-state index contributed by atoms with van der Waals surface area (Å²) >= 11 is 0. The Bertz CT molecular complexity index is 614.